The number of fused-ring (bicyclic) bond motifs is 1. The van der Waals surface area contributed by atoms with E-state index in [1.165, 1.54) is 0 Å². The molecule has 0 aromatic carbocycles. The third-order valence-electron chi connectivity index (χ3n) is 4.02. The Morgan fingerprint density at radius 2 is 2.03 bits per heavy atom. The first-order valence-corrected chi connectivity index (χ1v) is 11.1. The minimum absolute atomic E-state index is 0.0755. The molecule has 2 rings (SSSR count). The molecule has 2 N–H and O–H groups in total. The summed E-state index contributed by atoms with van der Waals surface area (Å²) in [5, 5.41) is 12.0. The minimum atomic E-state index is -0.368. The third-order valence-corrected chi connectivity index (χ3v) is 5.07. The van der Waals surface area contributed by atoms with Crippen molar-refractivity contribution in [3.05, 3.63) is 6.20 Å². The highest BCUT2D eigenvalue weighted by Gasteiger charge is 2.14. The zero-order valence-corrected chi connectivity index (χ0v) is 18.6. The number of hydrogen-bond acceptors (Lipinski definition) is 9. The lowest BCUT2D eigenvalue weighted by molar-refractivity contribution is -0.144. The van der Waals surface area contributed by atoms with Gasteiger partial charge in [-0.05, 0) is 13.3 Å². The Morgan fingerprint density at radius 3 is 2.77 bits per heavy atom. The molecule has 30 heavy (non-hydrogen) atoms. The van der Waals surface area contributed by atoms with Crippen LogP contribution in [-0.2, 0) is 25.6 Å². The Morgan fingerprint density at radius 1 is 1.20 bits per heavy atom. The van der Waals surface area contributed by atoms with Crippen LogP contribution in [0.2, 0.25) is 0 Å². The molecule has 0 spiro atoms. The van der Waals surface area contributed by atoms with Crippen molar-refractivity contribution in [3.8, 4) is 0 Å². The number of carbonyl (C=O) groups excluding carboxylic acids is 2. The average Bonchev–Trinajstić information content (AvgIpc) is 3.14. The monoisotopic (exact) mass is 438 g/mol. The van der Waals surface area contributed by atoms with Crippen LogP contribution in [0.1, 0.15) is 33.1 Å². The molecule has 10 nitrogen and oxygen atoms in total. The van der Waals surface area contributed by atoms with Gasteiger partial charge in [-0.1, -0.05) is 18.7 Å². The summed E-state index contributed by atoms with van der Waals surface area (Å²) in [5.74, 6) is 1.08. The van der Waals surface area contributed by atoms with Gasteiger partial charge in [-0.25, -0.2) is 14.6 Å². The number of esters is 1. The van der Waals surface area contributed by atoms with Gasteiger partial charge in [0.1, 0.15) is 5.82 Å². The fraction of sp³-hybridized carbons (Fsp3) is 0.632. The van der Waals surface area contributed by atoms with E-state index in [0.717, 1.165) is 23.4 Å². The molecule has 0 aliphatic heterocycles. The van der Waals surface area contributed by atoms with Gasteiger partial charge in [0.2, 0.25) is 5.91 Å². The topological polar surface area (TPSA) is 120 Å². The molecular formula is C19H30N6O4S. The van der Waals surface area contributed by atoms with Crippen molar-refractivity contribution in [2.75, 3.05) is 44.5 Å². The maximum absolute atomic E-state index is 11.9. The molecule has 2 heterocycles. The molecule has 1 amide bonds. The van der Waals surface area contributed by atoms with Gasteiger partial charge < -0.3 is 20.1 Å². The van der Waals surface area contributed by atoms with E-state index in [0.29, 0.717) is 43.7 Å². The molecular weight excluding hydrogens is 408 g/mol. The fourth-order valence-electron chi connectivity index (χ4n) is 2.60. The first-order valence-electron chi connectivity index (χ1n) is 10.1. The second-order valence-electron chi connectivity index (χ2n) is 6.38. The van der Waals surface area contributed by atoms with Gasteiger partial charge in [-0.15, -0.1) is 0 Å². The summed E-state index contributed by atoms with van der Waals surface area (Å²) in [4.78, 5) is 32.5. The Bertz CT molecular complexity index is 829. The minimum Gasteiger partial charge on any atom is -0.466 e. The van der Waals surface area contributed by atoms with Crippen molar-refractivity contribution in [2.24, 2.45) is 0 Å². The molecule has 166 valence electrons. The molecule has 0 aliphatic carbocycles. The largest absolute Gasteiger partial charge is 0.466 e. The van der Waals surface area contributed by atoms with E-state index >= 15 is 0 Å². The van der Waals surface area contributed by atoms with Crippen LogP contribution in [0.4, 0.5) is 5.82 Å². The number of thioether (sulfide) groups is 1. The fourth-order valence-corrected chi connectivity index (χ4v) is 3.30. The van der Waals surface area contributed by atoms with Gasteiger partial charge in [0.25, 0.3) is 0 Å². The Balaban J connectivity index is 2.01. The molecule has 0 atom stereocenters. The summed E-state index contributed by atoms with van der Waals surface area (Å²) in [7, 11) is 1.65. The number of amides is 1. The van der Waals surface area contributed by atoms with Crippen molar-refractivity contribution >= 4 is 40.5 Å². The number of nitrogens with one attached hydrogen (secondary N) is 2. The molecule has 2 aromatic heterocycles. The van der Waals surface area contributed by atoms with Gasteiger partial charge in [0.05, 0.1) is 37.8 Å². The molecule has 11 heteroatoms. The van der Waals surface area contributed by atoms with Crippen molar-refractivity contribution < 1.29 is 19.1 Å². The second kappa shape index (κ2) is 13.0. The molecule has 0 radical (unpaired) electrons. The normalized spacial score (nSPS) is 10.9. The van der Waals surface area contributed by atoms with Crippen LogP contribution in [-0.4, -0.2) is 70.8 Å². The van der Waals surface area contributed by atoms with Gasteiger partial charge in [0.15, 0.2) is 10.8 Å². The van der Waals surface area contributed by atoms with E-state index in [9.17, 15) is 9.59 Å². The number of methoxy groups -OCH3 is 1. The van der Waals surface area contributed by atoms with Gasteiger partial charge in [0, 0.05) is 32.4 Å². The van der Waals surface area contributed by atoms with E-state index in [1.807, 2.05) is 0 Å². The van der Waals surface area contributed by atoms with Crippen LogP contribution in [0.3, 0.4) is 0 Å². The average molecular weight is 439 g/mol. The van der Waals surface area contributed by atoms with Crippen LogP contribution in [0.25, 0.3) is 11.0 Å². The smallest absolute Gasteiger partial charge is 0.306 e. The van der Waals surface area contributed by atoms with Crippen LogP contribution >= 0.6 is 11.8 Å². The van der Waals surface area contributed by atoms with Crippen molar-refractivity contribution in [1.82, 2.24) is 25.1 Å². The summed E-state index contributed by atoms with van der Waals surface area (Å²) in [6.45, 7) is 6.19. The zero-order valence-electron chi connectivity index (χ0n) is 17.8. The van der Waals surface area contributed by atoms with E-state index in [1.54, 1.807) is 36.7 Å². The van der Waals surface area contributed by atoms with Crippen LogP contribution in [0.5, 0.6) is 0 Å². The summed E-state index contributed by atoms with van der Waals surface area (Å²) in [5.41, 5.74) is 0.712. The van der Waals surface area contributed by atoms with Gasteiger partial charge >= 0.3 is 5.97 Å². The van der Waals surface area contributed by atoms with Gasteiger partial charge in [-0.2, -0.15) is 5.10 Å². The molecule has 0 saturated heterocycles. The molecule has 0 fully saturated rings. The Labute approximate surface area is 180 Å². The standard InChI is InChI=1S/C19H30N6O4S/c1-4-12-30-19-23-17(21-9-11-28-3)14-13-22-25(18(14)24-19)10-8-20-15(26)6-7-16(27)29-5-2/h13H,4-12H2,1-3H3,(H,20,26)(H,21,23,24). The molecule has 2 aromatic rings. The SMILES string of the molecule is CCCSc1nc(NCCOC)c2cnn(CCNC(=O)CCC(=O)OCC)c2n1. The summed E-state index contributed by atoms with van der Waals surface area (Å²) in [6.07, 6.45) is 2.93. The first kappa shape index (κ1) is 23.9. The predicted octanol–water partition coefficient (Wildman–Crippen LogP) is 1.85. The van der Waals surface area contributed by atoms with Crippen molar-refractivity contribution in [3.63, 3.8) is 0 Å². The molecule has 0 saturated carbocycles. The van der Waals surface area contributed by atoms with E-state index in [4.69, 9.17) is 9.47 Å². The Hall–Kier alpha value is -2.40. The zero-order chi connectivity index (χ0) is 21.8. The summed E-state index contributed by atoms with van der Waals surface area (Å²) >= 11 is 1.59. The Kier molecular flexibility index (Phi) is 10.4. The third kappa shape index (κ3) is 7.45. The lowest BCUT2D eigenvalue weighted by Gasteiger charge is -2.10. The summed E-state index contributed by atoms with van der Waals surface area (Å²) < 4.78 is 11.7. The number of nitrogens with zero attached hydrogens (tertiary/aromatic N) is 4. The van der Waals surface area contributed by atoms with E-state index < -0.39 is 0 Å². The highest BCUT2D eigenvalue weighted by molar-refractivity contribution is 7.99. The predicted molar refractivity (Wildman–Crippen MR) is 116 cm³/mol. The van der Waals surface area contributed by atoms with Crippen LogP contribution in [0.15, 0.2) is 11.4 Å². The lowest BCUT2D eigenvalue weighted by atomic mass is 10.3. The maximum atomic E-state index is 11.9. The molecule has 0 bridgehead atoms. The number of aromatic nitrogens is 4. The number of hydrogen-bond donors (Lipinski definition) is 2. The number of anilines is 1. The number of ether oxygens (including phenoxy) is 2. The van der Waals surface area contributed by atoms with E-state index in [-0.39, 0.29) is 24.7 Å². The van der Waals surface area contributed by atoms with Crippen LogP contribution < -0.4 is 10.6 Å². The quantitative estimate of drug-likeness (QED) is 0.197. The number of carbonyl (C=O) groups is 2. The summed E-state index contributed by atoms with van der Waals surface area (Å²) in [6, 6.07) is 0. The number of rotatable bonds is 14. The van der Waals surface area contributed by atoms with Gasteiger partial charge in [-0.3, -0.25) is 9.59 Å². The van der Waals surface area contributed by atoms with Crippen molar-refractivity contribution in [1.29, 1.82) is 0 Å². The molecule has 0 unspecified atom stereocenters. The van der Waals surface area contributed by atoms with Crippen LogP contribution in [0, 0.1) is 0 Å². The highest BCUT2D eigenvalue weighted by atomic mass is 32.2. The second-order valence-corrected chi connectivity index (χ2v) is 7.44. The first-order chi connectivity index (χ1) is 14.6. The maximum Gasteiger partial charge on any atom is 0.306 e. The molecule has 0 aliphatic rings. The highest BCUT2D eigenvalue weighted by Crippen LogP contribution is 2.24. The van der Waals surface area contributed by atoms with E-state index in [2.05, 4.69) is 32.6 Å². The lowest BCUT2D eigenvalue weighted by Crippen LogP contribution is -2.28. The van der Waals surface area contributed by atoms with Crippen molar-refractivity contribution in [2.45, 2.75) is 44.8 Å².